The van der Waals surface area contributed by atoms with Gasteiger partial charge in [0, 0.05) is 6.42 Å². The van der Waals surface area contributed by atoms with Gasteiger partial charge in [0.1, 0.15) is 0 Å². The van der Waals surface area contributed by atoms with E-state index in [0.29, 0.717) is 12.8 Å². The Morgan fingerprint density at radius 3 is 1.91 bits per heavy atom. The highest BCUT2D eigenvalue weighted by Gasteiger charge is 2.50. The third-order valence-corrected chi connectivity index (χ3v) is 2.84. The van der Waals surface area contributed by atoms with Crippen LogP contribution in [0.2, 0.25) is 0 Å². The van der Waals surface area contributed by atoms with Gasteiger partial charge < -0.3 is 0 Å². The Balaban J connectivity index is 4.00. The van der Waals surface area contributed by atoms with E-state index in [1.807, 2.05) is 0 Å². The number of hydrogen-bond donors (Lipinski definition) is 0. The zero-order valence-electron chi connectivity index (χ0n) is 6.01. The summed E-state index contributed by atoms with van der Waals surface area (Å²) in [6, 6.07) is 0. The highest BCUT2D eigenvalue weighted by atomic mass is 127. The van der Waals surface area contributed by atoms with Crippen LogP contribution in [0.15, 0.2) is 0 Å². The molecule has 11 heavy (non-hydrogen) atoms. The first-order valence-electron chi connectivity index (χ1n) is 3.26. The summed E-state index contributed by atoms with van der Waals surface area (Å²) in [6.45, 7) is 1.80. The van der Waals surface area contributed by atoms with Gasteiger partial charge in [-0.05, 0) is 51.6 Å². The fraction of sp³-hybridized carbons (Fsp3) is 1.00. The van der Waals surface area contributed by atoms with Crippen molar-refractivity contribution < 1.29 is 13.2 Å². The quantitative estimate of drug-likeness (QED) is 0.495. The maximum Gasteiger partial charge on any atom is 0.299 e. The minimum Gasteiger partial charge on any atom is -0.214 e. The molecule has 5 heteroatoms. The van der Waals surface area contributed by atoms with E-state index in [-0.39, 0.29) is 6.42 Å². The first kappa shape index (κ1) is 12.2. The van der Waals surface area contributed by atoms with Crippen LogP contribution in [0.1, 0.15) is 26.2 Å². The number of hydrogen-bond acceptors (Lipinski definition) is 0. The number of alkyl halides is 5. The van der Waals surface area contributed by atoms with Crippen molar-refractivity contribution in [1.29, 1.82) is 0 Å². The molecule has 0 spiro atoms. The van der Waals surface area contributed by atoms with Gasteiger partial charge in [0.05, 0.1) is 0 Å². The molecule has 0 aliphatic heterocycles. The second-order valence-electron chi connectivity index (χ2n) is 2.31. The molecule has 0 rings (SSSR count). The molecule has 0 aromatic heterocycles. The maximum atomic E-state index is 12.7. The molecular formula is C6H9F3I2. The molecule has 0 aliphatic rings. The lowest BCUT2D eigenvalue weighted by Crippen LogP contribution is -2.32. The second-order valence-corrected chi connectivity index (χ2v) is 7.34. The average molecular weight is 392 g/mol. The standard InChI is InChI=1S/C6H9F3I2/c1-2-3-4-5(7,8)6(9,10)11/h2-4H2,1H3. The molecule has 0 amide bonds. The van der Waals surface area contributed by atoms with Gasteiger partial charge in [0.25, 0.3) is 7.60 Å². The summed E-state index contributed by atoms with van der Waals surface area (Å²) in [5.74, 6) is -3.20. The van der Waals surface area contributed by atoms with Crippen LogP contribution in [0, 0.1) is 0 Å². The first-order valence-corrected chi connectivity index (χ1v) is 5.41. The molecular weight excluding hydrogens is 383 g/mol. The molecule has 0 aromatic carbocycles. The van der Waals surface area contributed by atoms with Gasteiger partial charge in [0.2, 0.25) is 0 Å². The van der Waals surface area contributed by atoms with Crippen molar-refractivity contribution >= 4 is 45.2 Å². The first-order chi connectivity index (χ1) is 4.81. The molecule has 0 saturated heterocycles. The van der Waals surface area contributed by atoms with E-state index in [9.17, 15) is 13.2 Å². The Kier molecular flexibility index (Phi) is 4.98. The smallest absolute Gasteiger partial charge is 0.214 e. The van der Waals surface area contributed by atoms with Gasteiger partial charge in [-0.1, -0.05) is 13.3 Å². The van der Waals surface area contributed by atoms with Crippen LogP contribution in [-0.2, 0) is 0 Å². The van der Waals surface area contributed by atoms with Gasteiger partial charge in [0.15, 0.2) is 0 Å². The summed E-state index contributed by atoms with van der Waals surface area (Å²) in [4.78, 5) is 0. The molecule has 0 atom stereocenters. The average Bonchev–Trinajstić information content (AvgIpc) is 1.81. The van der Waals surface area contributed by atoms with Crippen molar-refractivity contribution in [3.63, 3.8) is 0 Å². The molecule has 0 fully saturated rings. The lowest BCUT2D eigenvalue weighted by molar-refractivity contribution is -0.0462. The molecule has 0 nitrogen and oxygen atoms in total. The second kappa shape index (κ2) is 4.48. The van der Waals surface area contributed by atoms with Crippen molar-refractivity contribution in [2.24, 2.45) is 0 Å². The van der Waals surface area contributed by atoms with Crippen molar-refractivity contribution in [3.8, 4) is 0 Å². The van der Waals surface area contributed by atoms with E-state index in [2.05, 4.69) is 0 Å². The van der Waals surface area contributed by atoms with Crippen molar-refractivity contribution in [2.75, 3.05) is 0 Å². The van der Waals surface area contributed by atoms with Crippen LogP contribution in [0.4, 0.5) is 13.2 Å². The Morgan fingerprint density at radius 2 is 1.64 bits per heavy atom. The lowest BCUT2D eigenvalue weighted by Gasteiger charge is -2.22. The zero-order chi connectivity index (χ0) is 9.12. The number of halogens is 5. The van der Waals surface area contributed by atoms with Crippen molar-refractivity contribution in [2.45, 2.75) is 33.8 Å². The highest BCUT2D eigenvalue weighted by molar-refractivity contribution is 14.2. The largest absolute Gasteiger partial charge is 0.299 e. The van der Waals surface area contributed by atoms with Crippen LogP contribution in [0.3, 0.4) is 0 Å². The number of rotatable bonds is 4. The highest BCUT2D eigenvalue weighted by Crippen LogP contribution is 2.46. The van der Waals surface area contributed by atoms with Crippen molar-refractivity contribution in [3.05, 3.63) is 0 Å². The predicted molar refractivity (Wildman–Crippen MR) is 56.4 cm³/mol. The molecule has 0 N–H and O–H groups in total. The molecule has 0 radical (unpaired) electrons. The van der Waals surface area contributed by atoms with Crippen LogP contribution in [-0.4, -0.2) is 7.60 Å². The molecule has 0 bridgehead atoms. The van der Waals surface area contributed by atoms with Gasteiger partial charge in [-0.3, -0.25) is 0 Å². The van der Waals surface area contributed by atoms with Crippen molar-refractivity contribution in [1.82, 2.24) is 0 Å². The Bertz CT molecular complexity index is 119. The minimum atomic E-state index is -3.20. The SMILES string of the molecule is CCCCC(F)(F)C(F)(I)I. The van der Waals surface area contributed by atoms with Crippen LogP contribution in [0.25, 0.3) is 0 Å². The predicted octanol–water partition coefficient (Wildman–Crippen LogP) is 4.31. The molecule has 68 valence electrons. The summed E-state index contributed by atoms with van der Waals surface area (Å²) >= 11 is 2.26. The fourth-order valence-corrected chi connectivity index (χ4v) is 1.08. The summed E-state index contributed by atoms with van der Waals surface area (Å²) in [7, 11) is 0. The van der Waals surface area contributed by atoms with E-state index in [1.165, 1.54) is 0 Å². The summed E-state index contributed by atoms with van der Waals surface area (Å²) in [5.41, 5.74) is 0. The normalized spacial score (nSPS) is 13.6. The van der Waals surface area contributed by atoms with Crippen LogP contribution in [0.5, 0.6) is 0 Å². The van der Waals surface area contributed by atoms with Crippen LogP contribution >= 0.6 is 45.2 Å². The Labute approximate surface area is 91.6 Å². The van der Waals surface area contributed by atoms with E-state index in [4.69, 9.17) is 0 Å². The number of unbranched alkanes of at least 4 members (excludes halogenated alkanes) is 1. The molecule has 0 saturated carbocycles. The monoisotopic (exact) mass is 392 g/mol. The van der Waals surface area contributed by atoms with Gasteiger partial charge in [-0.2, -0.15) is 0 Å². The third kappa shape index (κ3) is 4.14. The van der Waals surface area contributed by atoms with Gasteiger partial charge in [-0.25, -0.2) is 13.2 Å². The summed E-state index contributed by atoms with van der Waals surface area (Å²) in [6.07, 6.45) is 0.662. The van der Waals surface area contributed by atoms with E-state index in [1.54, 1.807) is 6.92 Å². The molecule has 0 unspecified atom stereocenters. The Hall–Kier alpha value is 1.25. The Morgan fingerprint density at radius 1 is 1.18 bits per heavy atom. The third-order valence-electron chi connectivity index (χ3n) is 1.26. The summed E-state index contributed by atoms with van der Waals surface area (Å²) in [5, 5.41) is 0. The van der Waals surface area contributed by atoms with Crippen LogP contribution < -0.4 is 0 Å². The molecule has 0 aromatic rings. The summed E-state index contributed by atoms with van der Waals surface area (Å²) < 4.78 is 35.7. The fourth-order valence-electron chi connectivity index (χ4n) is 0.541. The van der Waals surface area contributed by atoms with E-state index in [0.717, 1.165) is 45.2 Å². The van der Waals surface area contributed by atoms with Gasteiger partial charge >= 0.3 is 0 Å². The maximum absolute atomic E-state index is 12.7. The van der Waals surface area contributed by atoms with E-state index < -0.39 is 7.60 Å². The van der Waals surface area contributed by atoms with Gasteiger partial charge in [-0.15, -0.1) is 0 Å². The lowest BCUT2D eigenvalue weighted by atomic mass is 10.2. The molecule has 0 aliphatic carbocycles. The molecule has 0 heterocycles. The van der Waals surface area contributed by atoms with E-state index >= 15 is 0 Å². The topological polar surface area (TPSA) is 0 Å². The zero-order valence-corrected chi connectivity index (χ0v) is 10.3. The minimum absolute atomic E-state index is 0.366.